The second-order valence-corrected chi connectivity index (χ2v) is 13.3. The predicted octanol–water partition coefficient (Wildman–Crippen LogP) is 6.99. The molecule has 10 heteroatoms. The third-order valence-electron chi connectivity index (χ3n) is 8.52. The summed E-state index contributed by atoms with van der Waals surface area (Å²) in [5.74, 6) is 2.10. The summed E-state index contributed by atoms with van der Waals surface area (Å²) >= 11 is 3.63. The molecular formula is C42H42BrN3O6. The van der Waals surface area contributed by atoms with E-state index in [4.69, 9.17) is 29.0 Å². The molecule has 1 aliphatic rings. The number of hydrazine groups is 1. The van der Waals surface area contributed by atoms with E-state index in [-0.39, 0.29) is 19.1 Å². The van der Waals surface area contributed by atoms with Crippen molar-refractivity contribution in [2.75, 3.05) is 26.4 Å². The minimum absolute atomic E-state index is 0.0719. The number of halogens is 1. The molecule has 52 heavy (non-hydrogen) atoms. The van der Waals surface area contributed by atoms with E-state index in [0.29, 0.717) is 68.8 Å². The maximum Gasteiger partial charge on any atom is 0.266 e. The number of nitrogens with one attached hydrogen (secondary N) is 2. The number of nitrogens with zero attached hydrogens (tertiary/aromatic N) is 1. The van der Waals surface area contributed by atoms with Crippen molar-refractivity contribution in [2.24, 2.45) is 4.99 Å². The summed E-state index contributed by atoms with van der Waals surface area (Å²) in [6.07, 6.45) is 1.51. The van der Waals surface area contributed by atoms with Gasteiger partial charge in [0.25, 0.3) is 5.91 Å². The highest BCUT2D eigenvalue weighted by molar-refractivity contribution is 9.10. The van der Waals surface area contributed by atoms with Gasteiger partial charge in [-0.3, -0.25) is 10.2 Å². The van der Waals surface area contributed by atoms with Crippen molar-refractivity contribution in [3.05, 3.63) is 160 Å². The zero-order valence-electron chi connectivity index (χ0n) is 28.8. The highest BCUT2D eigenvalue weighted by Gasteiger charge is 2.45. The first kappa shape index (κ1) is 36.6. The Bertz CT molecular complexity index is 1920. The van der Waals surface area contributed by atoms with E-state index >= 15 is 0 Å². The van der Waals surface area contributed by atoms with Gasteiger partial charge in [0.05, 0.1) is 6.61 Å². The summed E-state index contributed by atoms with van der Waals surface area (Å²) in [6, 6.07) is 41.1. The number of benzene rings is 5. The van der Waals surface area contributed by atoms with Crippen molar-refractivity contribution in [1.29, 1.82) is 0 Å². The average Bonchev–Trinajstić information content (AvgIpc) is 3.62. The van der Waals surface area contributed by atoms with Crippen molar-refractivity contribution in [1.82, 2.24) is 10.9 Å². The second kappa shape index (κ2) is 18.4. The number of rotatable bonds is 18. The number of ether oxygens (including phenoxy) is 4. The monoisotopic (exact) mass is 763 g/mol. The van der Waals surface area contributed by atoms with Gasteiger partial charge >= 0.3 is 0 Å². The molecule has 0 bridgehead atoms. The molecule has 0 unspecified atom stereocenters. The fraction of sp³-hybridized carbons (Fsp3) is 0.238. The van der Waals surface area contributed by atoms with Crippen LogP contribution in [0.1, 0.15) is 34.2 Å². The predicted molar refractivity (Wildman–Crippen MR) is 205 cm³/mol. The second-order valence-electron chi connectivity index (χ2n) is 12.4. The van der Waals surface area contributed by atoms with Gasteiger partial charge in [-0.25, -0.2) is 10.4 Å². The van der Waals surface area contributed by atoms with Crippen LogP contribution in [-0.2, 0) is 35.6 Å². The molecular weight excluding hydrogens is 722 g/mol. The molecule has 5 aromatic rings. The lowest BCUT2D eigenvalue weighted by molar-refractivity contribution is -0.127. The molecule has 6 rings (SSSR count). The topological polar surface area (TPSA) is 111 Å². The first-order valence-corrected chi connectivity index (χ1v) is 18.1. The van der Waals surface area contributed by atoms with Crippen LogP contribution in [0, 0.1) is 0 Å². The Morgan fingerprint density at radius 3 is 2.15 bits per heavy atom. The van der Waals surface area contributed by atoms with E-state index in [1.165, 1.54) is 0 Å². The minimum Gasteiger partial charge on any atom is -0.494 e. The average molecular weight is 765 g/mol. The van der Waals surface area contributed by atoms with Gasteiger partial charge in [-0.05, 0) is 71.1 Å². The third kappa shape index (κ3) is 10.00. The lowest BCUT2D eigenvalue weighted by Crippen LogP contribution is -2.53. The minimum atomic E-state index is -1.20. The van der Waals surface area contributed by atoms with Crippen LogP contribution in [0.15, 0.2) is 137 Å². The summed E-state index contributed by atoms with van der Waals surface area (Å²) in [5.41, 5.74) is 9.66. The molecule has 1 amide bonds. The number of amides is 1. The van der Waals surface area contributed by atoms with Gasteiger partial charge in [-0.15, -0.1) is 0 Å². The molecule has 0 aliphatic carbocycles. The molecule has 1 heterocycles. The quantitative estimate of drug-likeness (QED) is 0.0652. The van der Waals surface area contributed by atoms with E-state index in [9.17, 15) is 4.79 Å². The number of aliphatic imine (C=N–C) groups is 1. The van der Waals surface area contributed by atoms with Crippen LogP contribution in [0.25, 0.3) is 0 Å². The first-order chi connectivity index (χ1) is 25.5. The number of hydrogen-bond acceptors (Lipinski definition) is 8. The maximum absolute atomic E-state index is 13.9. The fourth-order valence-corrected chi connectivity index (χ4v) is 6.09. The standard InChI is InChI=1S/C42H42BrN3O6/c43-37-15-8-7-14-35(37)27-42(30-52-40(45-42)34-17-19-36(20-18-34)49-25-9-24-47)41(48)46-44-23-22-31-16-21-38(50-28-32-10-3-1-4-11-32)39(26-31)51-29-33-12-5-2-6-13-33/h1-8,10-21,26,44,47H,9,22-25,27-30H2,(H,46,48)/t42-/m0/s1. The normalized spacial score (nSPS) is 15.0. The first-order valence-electron chi connectivity index (χ1n) is 17.3. The van der Waals surface area contributed by atoms with Gasteiger partial charge in [0, 0.05) is 36.0 Å². The van der Waals surface area contributed by atoms with Gasteiger partial charge in [0.15, 0.2) is 17.0 Å². The molecule has 0 fully saturated rings. The van der Waals surface area contributed by atoms with Crippen molar-refractivity contribution in [3.63, 3.8) is 0 Å². The highest BCUT2D eigenvalue weighted by Crippen LogP contribution is 2.32. The van der Waals surface area contributed by atoms with Crippen molar-refractivity contribution < 1.29 is 28.8 Å². The summed E-state index contributed by atoms with van der Waals surface area (Å²) in [7, 11) is 0. The Balaban J connectivity index is 1.11. The van der Waals surface area contributed by atoms with Gasteiger partial charge in [0.1, 0.15) is 25.6 Å². The zero-order valence-corrected chi connectivity index (χ0v) is 30.4. The maximum atomic E-state index is 13.9. The summed E-state index contributed by atoms with van der Waals surface area (Å²) in [4.78, 5) is 18.8. The summed E-state index contributed by atoms with van der Waals surface area (Å²) in [6.45, 7) is 1.88. The number of aliphatic hydroxyl groups excluding tert-OH is 1. The van der Waals surface area contributed by atoms with E-state index in [0.717, 1.165) is 32.3 Å². The summed E-state index contributed by atoms with van der Waals surface area (Å²) < 4.78 is 25.1. The van der Waals surface area contributed by atoms with Crippen LogP contribution in [0.2, 0.25) is 0 Å². The smallest absolute Gasteiger partial charge is 0.266 e. The van der Waals surface area contributed by atoms with E-state index < -0.39 is 5.54 Å². The molecule has 0 aromatic heterocycles. The van der Waals surface area contributed by atoms with Gasteiger partial charge < -0.3 is 24.1 Å². The molecule has 0 saturated carbocycles. The molecule has 1 aliphatic heterocycles. The van der Waals surface area contributed by atoms with Crippen LogP contribution in [-0.4, -0.2) is 48.8 Å². The van der Waals surface area contributed by atoms with E-state index in [2.05, 4.69) is 26.8 Å². The zero-order chi connectivity index (χ0) is 36.0. The molecule has 0 radical (unpaired) electrons. The fourth-order valence-electron chi connectivity index (χ4n) is 5.66. The Hall–Kier alpha value is -5.16. The number of carbonyl (C=O) groups excluding carboxylic acids is 1. The van der Waals surface area contributed by atoms with Crippen LogP contribution < -0.4 is 25.1 Å². The van der Waals surface area contributed by atoms with Crippen LogP contribution in [0.3, 0.4) is 0 Å². The molecule has 9 nitrogen and oxygen atoms in total. The van der Waals surface area contributed by atoms with Crippen LogP contribution >= 0.6 is 15.9 Å². The van der Waals surface area contributed by atoms with Crippen LogP contribution in [0.5, 0.6) is 17.2 Å². The largest absolute Gasteiger partial charge is 0.494 e. The lowest BCUT2D eigenvalue weighted by atomic mass is 9.91. The highest BCUT2D eigenvalue weighted by atomic mass is 79.9. The van der Waals surface area contributed by atoms with Crippen molar-refractivity contribution in [2.45, 2.75) is 38.0 Å². The molecule has 0 spiro atoms. The Kier molecular flexibility index (Phi) is 12.9. The SMILES string of the molecule is O=C(NNCCc1ccc(OCc2ccccc2)c(OCc2ccccc2)c1)[C@]1(Cc2ccccc2Br)COC(c2ccc(OCCCO)cc2)=N1. The van der Waals surface area contributed by atoms with E-state index in [1.807, 2.05) is 127 Å². The Labute approximate surface area is 312 Å². The number of aliphatic hydroxyl groups is 1. The lowest BCUT2D eigenvalue weighted by Gasteiger charge is -2.24. The van der Waals surface area contributed by atoms with Crippen LogP contribution in [0.4, 0.5) is 0 Å². The molecule has 5 aromatic carbocycles. The third-order valence-corrected chi connectivity index (χ3v) is 9.30. The Morgan fingerprint density at radius 2 is 1.46 bits per heavy atom. The number of carbonyl (C=O) groups is 1. The van der Waals surface area contributed by atoms with Crippen molar-refractivity contribution >= 4 is 27.7 Å². The molecule has 268 valence electrons. The summed E-state index contributed by atoms with van der Waals surface area (Å²) in [5, 5.41) is 9.03. The molecule has 0 saturated heterocycles. The van der Waals surface area contributed by atoms with Crippen molar-refractivity contribution in [3.8, 4) is 17.2 Å². The molecule has 1 atom stereocenters. The van der Waals surface area contributed by atoms with E-state index in [1.54, 1.807) is 0 Å². The van der Waals surface area contributed by atoms with Gasteiger partial charge in [0.2, 0.25) is 5.90 Å². The Morgan fingerprint density at radius 1 is 0.788 bits per heavy atom. The van der Waals surface area contributed by atoms with Gasteiger partial charge in [-0.1, -0.05) is 101 Å². The van der Waals surface area contributed by atoms with Gasteiger partial charge in [-0.2, -0.15) is 0 Å². The number of hydrogen-bond donors (Lipinski definition) is 3. The molecule has 3 N–H and O–H groups in total.